The van der Waals surface area contributed by atoms with Crippen molar-refractivity contribution in [2.24, 2.45) is 0 Å². The maximum atomic E-state index is 12.6. The van der Waals surface area contributed by atoms with Gasteiger partial charge in [0.1, 0.15) is 0 Å². The van der Waals surface area contributed by atoms with Gasteiger partial charge in [-0.3, -0.25) is 9.78 Å². The third-order valence-corrected chi connectivity index (χ3v) is 3.79. The van der Waals surface area contributed by atoms with E-state index < -0.39 is 23.4 Å². The van der Waals surface area contributed by atoms with Gasteiger partial charge in [0.25, 0.3) is 0 Å². The van der Waals surface area contributed by atoms with E-state index >= 15 is 0 Å². The Kier molecular flexibility index (Phi) is 4.27. The van der Waals surface area contributed by atoms with Gasteiger partial charge in [0.15, 0.2) is 23.2 Å². The Labute approximate surface area is 144 Å². The third-order valence-electron chi connectivity index (χ3n) is 3.51. The van der Waals surface area contributed by atoms with E-state index in [1.165, 1.54) is 12.1 Å². The number of pyridine rings is 1. The summed E-state index contributed by atoms with van der Waals surface area (Å²) in [6.45, 7) is -0.0468. The van der Waals surface area contributed by atoms with Crippen molar-refractivity contribution in [1.82, 2.24) is 4.98 Å². The van der Waals surface area contributed by atoms with E-state index in [1.54, 1.807) is 6.07 Å². The molecule has 0 saturated heterocycles. The second-order valence-electron chi connectivity index (χ2n) is 5.09. The molecule has 3 rings (SSSR count). The molecule has 0 radical (unpaired) electrons. The molecule has 0 aliphatic carbocycles. The average Bonchev–Trinajstić information content (AvgIpc) is 3.04. The van der Waals surface area contributed by atoms with Crippen LogP contribution in [0.5, 0.6) is 11.5 Å². The number of nitrogens with zero attached hydrogens (tertiary/aromatic N) is 2. The minimum atomic E-state index is -4.55. The summed E-state index contributed by atoms with van der Waals surface area (Å²) in [6, 6.07) is 6.20. The van der Waals surface area contributed by atoms with Gasteiger partial charge in [-0.2, -0.15) is 18.4 Å². The van der Waals surface area contributed by atoms with Crippen LogP contribution in [0.2, 0.25) is 5.02 Å². The van der Waals surface area contributed by atoms with Gasteiger partial charge in [0.05, 0.1) is 22.3 Å². The summed E-state index contributed by atoms with van der Waals surface area (Å²) in [5.41, 5.74) is -0.983. The van der Waals surface area contributed by atoms with E-state index in [0.717, 1.165) is 12.1 Å². The van der Waals surface area contributed by atoms with Gasteiger partial charge < -0.3 is 9.47 Å². The number of carbonyl (C=O) groups excluding carboxylic acids is 1. The monoisotopic (exact) mass is 368 g/mol. The normalized spacial score (nSPS) is 14.0. The first-order valence-electron chi connectivity index (χ1n) is 6.87. The minimum Gasteiger partial charge on any atom is -0.454 e. The number of aromatic nitrogens is 1. The maximum absolute atomic E-state index is 12.6. The fourth-order valence-electron chi connectivity index (χ4n) is 2.28. The van der Waals surface area contributed by atoms with Crippen molar-refractivity contribution in [2.45, 2.75) is 12.1 Å². The van der Waals surface area contributed by atoms with Gasteiger partial charge in [-0.25, -0.2) is 0 Å². The SMILES string of the molecule is N#C[C@@H](C(=O)c1cc(Cl)c2c(c1)OCO2)c1ccc(C(F)(F)F)cn1. The quantitative estimate of drug-likeness (QED) is 0.766. The number of fused-ring (bicyclic) bond motifs is 1. The molecule has 0 N–H and O–H groups in total. The predicted molar refractivity (Wildman–Crippen MR) is 79.5 cm³/mol. The average molecular weight is 369 g/mol. The number of benzene rings is 1. The molecule has 1 aliphatic heterocycles. The molecule has 128 valence electrons. The lowest BCUT2D eigenvalue weighted by molar-refractivity contribution is -0.137. The van der Waals surface area contributed by atoms with Crippen molar-refractivity contribution in [1.29, 1.82) is 5.26 Å². The summed E-state index contributed by atoms with van der Waals surface area (Å²) in [5, 5.41) is 9.42. The van der Waals surface area contributed by atoms with Crippen LogP contribution in [-0.2, 0) is 6.18 Å². The molecule has 2 aromatic rings. The Morgan fingerprint density at radius 3 is 2.68 bits per heavy atom. The van der Waals surface area contributed by atoms with Crippen LogP contribution in [0.1, 0.15) is 27.5 Å². The molecule has 1 aromatic carbocycles. The van der Waals surface area contributed by atoms with Crippen molar-refractivity contribution >= 4 is 17.4 Å². The summed E-state index contributed by atoms with van der Waals surface area (Å²) < 4.78 is 48.0. The second kappa shape index (κ2) is 6.26. The number of halogens is 4. The Hall–Kier alpha value is -2.79. The molecule has 1 atom stereocenters. The molecule has 25 heavy (non-hydrogen) atoms. The van der Waals surface area contributed by atoms with Crippen molar-refractivity contribution < 1.29 is 27.4 Å². The second-order valence-corrected chi connectivity index (χ2v) is 5.49. The Morgan fingerprint density at radius 1 is 1.32 bits per heavy atom. The van der Waals surface area contributed by atoms with Gasteiger partial charge in [-0.15, -0.1) is 0 Å². The number of hydrogen-bond acceptors (Lipinski definition) is 5. The molecule has 0 spiro atoms. The Balaban J connectivity index is 1.92. The lowest BCUT2D eigenvalue weighted by Gasteiger charge is -2.11. The van der Waals surface area contributed by atoms with E-state index in [-0.39, 0.29) is 28.8 Å². The van der Waals surface area contributed by atoms with Crippen LogP contribution in [0.15, 0.2) is 30.5 Å². The van der Waals surface area contributed by atoms with E-state index in [4.69, 9.17) is 21.1 Å². The number of nitriles is 1. The predicted octanol–water partition coefficient (Wildman–Crippen LogP) is 3.97. The van der Waals surface area contributed by atoms with E-state index in [9.17, 15) is 23.2 Å². The highest BCUT2D eigenvalue weighted by atomic mass is 35.5. The van der Waals surface area contributed by atoms with Crippen molar-refractivity contribution in [2.75, 3.05) is 6.79 Å². The fraction of sp³-hybridized carbons (Fsp3) is 0.188. The number of carbonyl (C=O) groups is 1. The number of ether oxygens (including phenoxy) is 2. The third kappa shape index (κ3) is 3.23. The minimum absolute atomic E-state index is 0.0468. The zero-order chi connectivity index (χ0) is 18.2. The highest BCUT2D eigenvalue weighted by molar-refractivity contribution is 6.32. The van der Waals surface area contributed by atoms with Crippen molar-refractivity contribution in [3.8, 4) is 17.6 Å². The smallest absolute Gasteiger partial charge is 0.417 e. The molecule has 1 aliphatic rings. The highest BCUT2D eigenvalue weighted by Crippen LogP contribution is 2.40. The largest absolute Gasteiger partial charge is 0.454 e. The van der Waals surface area contributed by atoms with E-state index in [2.05, 4.69) is 4.98 Å². The molecule has 0 fully saturated rings. The van der Waals surface area contributed by atoms with Gasteiger partial charge in [-0.05, 0) is 24.3 Å². The van der Waals surface area contributed by atoms with Crippen LogP contribution >= 0.6 is 11.6 Å². The highest BCUT2D eigenvalue weighted by Gasteiger charge is 2.32. The summed E-state index contributed by atoms with van der Waals surface area (Å²) in [5.74, 6) is -1.49. The van der Waals surface area contributed by atoms with Crippen molar-refractivity contribution in [3.05, 3.63) is 52.3 Å². The van der Waals surface area contributed by atoms with E-state index in [0.29, 0.717) is 11.9 Å². The molecule has 9 heteroatoms. The number of alkyl halides is 3. The molecular formula is C16H8ClF3N2O3. The fourth-order valence-corrected chi connectivity index (χ4v) is 2.54. The molecule has 0 amide bonds. The van der Waals surface area contributed by atoms with Gasteiger partial charge in [-0.1, -0.05) is 11.6 Å². The molecule has 2 heterocycles. The topological polar surface area (TPSA) is 72.2 Å². The zero-order valence-electron chi connectivity index (χ0n) is 12.3. The molecule has 0 saturated carbocycles. The molecule has 1 aromatic heterocycles. The lowest BCUT2D eigenvalue weighted by Crippen LogP contribution is -2.14. The summed E-state index contributed by atoms with van der Waals surface area (Å²) >= 11 is 6.00. The maximum Gasteiger partial charge on any atom is 0.417 e. The molecule has 5 nitrogen and oxygen atoms in total. The Bertz CT molecular complexity index is 876. The van der Waals surface area contributed by atoms with Gasteiger partial charge in [0.2, 0.25) is 6.79 Å². The molecule has 0 unspecified atom stereocenters. The number of rotatable bonds is 3. The van der Waals surface area contributed by atoms with Crippen LogP contribution < -0.4 is 9.47 Å². The summed E-state index contributed by atoms with van der Waals surface area (Å²) in [4.78, 5) is 16.2. The van der Waals surface area contributed by atoms with Crippen LogP contribution in [-0.4, -0.2) is 17.6 Å². The zero-order valence-corrected chi connectivity index (χ0v) is 13.1. The van der Waals surface area contributed by atoms with E-state index in [1.807, 2.05) is 0 Å². The van der Waals surface area contributed by atoms with Crippen LogP contribution in [0, 0.1) is 11.3 Å². The number of ketones is 1. The lowest BCUT2D eigenvalue weighted by atomic mass is 9.95. The first-order chi connectivity index (χ1) is 11.8. The standard InChI is InChI=1S/C16H8ClF3N2O3/c17-11-3-8(4-13-15(11)25-7-24-13)14(23)10(5-21)12-2-1-9(6-22-12)16(18,19)20/h1-4,6,10H,7H2/t10-/m1/s1. The number of hydrogen-bond donors (Lipinski definition) is 0. The number of Topliss-reactive ketones (excluding diaryl/α,β-unsaturated/α-hetero) is 1. The Morgan fingerprint density at radius 2 is 2.08 bits per heavy atom. The summed E-state index contributed by atoms with van der Waals surface area (Å²) in [7, 11) is 0. The van der Waals surface area contributed by atoms with Gasteiger partial charge >= 0.3 is 6.18 Å². The van der Waals surface area contributed by atoms with Crippen LogP contribution in [0.3, 0.4) is 0 Å². The molecular weight excluding hydrogens is 361 g/mol. The molecule has 0 bridgehead atoms. The first-order valence-corrected chi connectivity index (χ1v) is 7.25. The van der Waals surface area contributed by atoms with Gasteiger partial charge in [0, 0.05) is 11.8 Å². The summed E-state index contributed by atoms with van der Waals surface area (Å²) in [6.07, 6.45) is -3.97. The van der Waals surface area contributed by atoms with Crippen LogP contribution in [0.4, 0.5) is 13.2 Å². The van der Waals surface area contributed by atoms with Crippen molar-refractivity contribution in [3.63, 3.8) is 0 Å². The first kappa shape index (κ1) is 17.0. The van der Waals surface area contributed by atoms with Crippen LogP contribution in [0.25, 0.3) is 0 Å².